The van der Waals surface area contributed by atoms with Crippen LogP contribution < -0.4 is 10.1 Å². The molecule has 0 heterocycles. The highest BCUT2D eigenvalue weighted by Crippen LogP contribution is 2.25. The molecular weight excluding hydrogens is 274 g/mol. The van der Waals surface area contributed by atoms with Crippen molar-refractivity contribution in [1.29, 1.82) is 0 Å². The molecule has 16 heavy (non-hydrogen) atoms. The molecule has 0 aliphatic rings. The van der Waals surface area contributed by atoms with Gasteiger partial charge in [-0.05, 0) is 34.1 Å². The van der Waals surface area contributed by atoms with E-state index in [-0.39, 0.29) is 5.91 Å². The summed E-state index contributed by atoms with van der Waals surface area (Å²) in [6.45, 7) is 0.304. The number of hydrogen-bond donors (Lipinski definition) is 1. The van der Waals surface area contributed by atoms with Gasteiger partial charge in [-0.3, -0.25) is 9.59 Å². The number of aldehydes is 1. The third-order valence-electron chi connectivity index (χ3n) is 1.96. The van der Waals surface area contributed by atoms with E-state index in [1.807, 2.05) is 0 Å². The summed E-state index contributed by atoms with van der Waals surface area (Å²) in [4.78, 5) is 21.4. The lowest BCUT2D eigenvalue weighted by Gasteiger charge is -2.07. The van der Waals surface area contributed by atoms with Crippen LogP contribution in [0.5, 0.6) is 5.75 Å². The fraction of sp³-hybridized carbons (Fsp3) is 0.273. The summed E-state index contributed by atoms with van der Waals surface area (Å²) >= 11 is 3.29. The predicted molar refractivity (Wildman–Crippen MR) is 63.7 cm³/mol. The maximum atomic E-state index is 10.9. The van der Waals surface area contributed by atoms with Crippen LogP contribution >= 0.6 is 15.9 Å². The molecule has 0 aliphatic heterocycles. The van der Waals surface area contributed by atoms with Crippen LogP contribution in [0.2, 0.25) is 0 Å². The third-order valence-corrected chi connectivity index (χ3v) is 2.58. The monoisotopic (exact) mass is 285 g/mol. The first-order valence-electron chi connectivity index (χ1n) is 4.75. The van der Waals surface area contributed by atoms with Gasteiger partial charge in [0, 0.05) is 12.6 Å². The van der Waals surface area contributed by atoms with Gasteiger partial charge < -0.3 is 10.1 Å². The van der Waals surface area contributed by atoms with Crippen molar-refractivity contribution < 1.29 is 14.3 Å². The maximum Gasteiger partial charge on any atom is 0.223 e. The van der Waals surface area contributed by atoms with E-state index in [0.29, 0.717) is 28.8 Å². The Bertz CT molecular complexity index is 393. The van der Waals surface area contributed by atoms with Crippen LogP contribution in [-0.4, -0.2) is 25.8 Å². The second kappa shape index (κ2) is 6.27. The first kappa shape index (κ1) is 12.7. The lowest BCUT2D eigenvalue weighted by Crippen LogP contribution is -2.20. The number of rotatable bonds is 5. The van der Waals surface area contributed by atoms with Gasteiger partial charge in [-0.25, -0.2) is 0 Å². The van der Waals surface area contributed by atoms with Gasteiger partial charge in [-0.15, -0.1) is 0 Å². The van der Waals surface area contributed by atoms with Crippen molar-refractivity contribution in [3.8, 4) is 5.75 Å². The molecule has 1 aromatic carbocycles. The molecule has 0 aromatic heterocycles. The number of halogens is 1. The molecule has 1 rings (SSSR count). The summed E-state index contributed by atoms with van der Waals surface area (Å²) in [6, 6.07) is 5.02. The van der Waals surface area contributed by atoms with Crippen LogP contribution in [0.1, 0.15) is 16.8 Å². The molecule has 0 spiro atoms. The minimum absolute atomic E-state index is 0.0689. The Kier molecular flexibility index (Phi) is 4.98. The quantitative estimate of drug-likeness (QED) is 0.839. The van der Waals surface area contributed by atoms with Crippen molar-refractivity contribution >= 4 is 28.1 Å². The average Bonchev–Trinajstić information content (AvgIpc) is 2.30. The van der Waals surface area contributed by atoms with E-state index in [4.69, 9.17) is 4.74 Å². The van der Waals surface area contributed by atoms with E-state index in [1.54, 1.807) is 25.2 Å². The summed E-state index contributed by atoms with van der Waals surface area (Å²) in [5.41, 5.74) is 0.575. The van der Waals surface area contributed by atoms with Crippen molar-refractivity contribution in [2.75, 3.05) is 13.7 Å². The van der Waals surface area contributed by atoms with Crippen LogP contribution in [0, 0.1) is 0 Å². The lowest BCUT2D eigenvalue weighted by atomic mass is 10.2. The molecule has 0 fully saturated rings. The Morgan fingerprint density at radius 1 is 1.56 bits per heavy atom. The number of hydrogen-bond acceptors (Lipinski definition) is 3. The van der Waals surface area contributed by atoms with Crippen molar-refractivity contribution in [2.24, 2.45) is 0 Å². The molecule has 1 amide bonds. The number of amides is 1. The lowest BCUT2D eigenvalue weighted by molar-refractivity contribution is -0.121. The van der Waals surface area contributed by atoms with E-state index in [1.165, 1.54) is 0 Å². The van der Waals surface area contributed by atoms with E-state index >= 15 is 0 Å². The molecule has 0 atom stereocenters. The fourth-order valence-corrected chi connectivity index (χ4v) is 1.60. The number of ether oxygens (including phenoxy) is 1. The molecule has 0 saturated heterocycles. The van der Waals surface area contributed by atoms with Crippen molar-refractivity contribution in [2.45, 2.75) is 6.42 Å². The summed E-state index contributed by atoms with van der Waals surface area (Å²) in [7, 11) is 1.58. The van der Waals surface area contributed by atoms with E-state index in [9.17, 15) is 9.59 Å². The first-order chi connectivity index (χ1) is 7.67. The van der Waals surface area contributed by atoms with Crippen molar-refractivity contribution in [1.82, 2.24) is 5.32 Å². The number of benzene rings is 1. The van der Waals surface area contributed by atoms with Crippen LogP contribution in [-0.2, 0) is 4.79 Å². The molecule has 1 aromatic rings. The van der Waals surface area contributed by atoms with Crippen LogP contribution in [0.15, 0.2) is 22.7 Å². The first-order valence-corrected chi connectivity index (χ1v) is 5.54. The summed E-state index contributed by atoms with van der Waals surface area (Å²) in [5, 5.41) is 2.51. The molecule has 1 N–H and O–H groups in total. The summed E-state index contributed by atoms with van der Waals surface area (Å²) < 4.78 is 6.09. The molecule has 0 unspecified atom stereocenters. The van der Waals surface area contributed by atoms with Crippen molar-refractivity contribution in [3.05, 3.63) is 28.2 Å². The minimum Gasteiger partial charge on any atom is -0.492 e. The van der Waals surface area contributed by atoms with Crippen molar-refractivity contribution in [3.63, 3.8) is 0 Å². The molecular formula is C11H12BrNO3. The van der Waals surface area contributed by atoms with Gasteiger partial charge in [-0.1, -0.05) is 0 Å². The van der Waals surface area contributed by atoms with E-state index < -0.39 is 0 Å². The topological polar surface area (TPSA) is 55.4 Å². The zero-order valence-electron chi connectivity index (χ0n) is 8.83. The Morgan fingerprint density at radius 3 is 2.88 bits per heavy atom. The summed E-state index contributed by atoms with van der Waals surface area (Å²) in [5.74, 6) is 0.551. The number of carbonyl (C=O) groups excluding carboxylic acids is 2. The zero-order valence-corrected chi connectivity index (χ0v) is 10.4. The molecule has 5 heteroatoms. The van der Waals surface area contributed by atoms with Gasteiger partial charge in [0.25, 0.3) is 0 Å². The van der Waals surface area contributed by atoms with Gasteiger partial charge in [0.1, 0.15) is 12.0 Å². The smallest absolute Gasteiger partial charge is 0.223 e. The molecule has 86 valence electrons. The third kappa shape index (κ3) is 3.66. The van der Waals surface area contributed by atoms with Crippen LogP contribution in [0.3, 0.4) is 0 Å². The normalized spacial score (nSPS) is 9.62. The zero-order chi connectivity index (χ0) is 12.0. The van der Waals surface area contributed by atoms with Gasteiger partial charge >= 0.3 is 0 Å². The molecule has 0 bridgehead atoms. The Morgan fingerprint density at radius 2 is 2.31 bits per heavy atom. The number of carbonyl (C=O) groups is 2. The van der Waals surface area contributed by atoms with Crippen LogP contribution in [0.25, 0.3) is 0 Å². The second-order valence-electron chi connectivity index (χ2n) is 3.08. The highest BCUT2D eigenvalue weighted by molar-refractivity contribution is 9.10. The Balaban J connectivity index is 2.54. The van der Waals surface area contributed by atoms with E-state index in [2.05, 4.69) is 21.2 Å². The molecule has 4 nitrogen and oxygen atoms in total. The van der Waals surface area contributed by atoms with Crippen LogP contribution in [0.4, 0.5) is 0 Å². The number of nitrogens with one attached hydrogen (secondary N) is 1. The largest absolute Gasteiger partial charge is 0.492 e. The standard InChI is InChI=1S/C11H12BrNO3/c1-13-11(15)4-5-16-10-3-2-8(7-14)6-9(10)12/h2-3,6-7H,4-5H2,1H3,(H,13,15). The van der Waals surface area contributed by atoms with E-state index in [0.717, 1.165) is 6.29 Å². The molecule has 0 radical (unpaired) electrons. The predicted octanol–water partition coefficient (Wildman–Crippen LogP) is 1.78. The van der Waals surface area contributed by atoms with Gasteiger partial charge in [0.2, 0.25) is 5.91 Å². The SMILES string of the molecule is CNC(=O)CCOc1ccc(C=O)cc1Br. The average molecular weight is 286 g/mol. The highest BCUT2D eigenvalue weighted by Gasteiger charge is 2.03. The fourth-order valence-electron chi connectivity index (χ4n) is 1.09. The van der Waals surface area contributed by atoms with Gasteiger partial charge in [-0.2, -0.15) is 0 Å². The van der Waals surface area contributed by atoms with Gasteiger partial charge in [0.15, 0.2) is 0 Å². The Hall–Kier alpha value is -1.36. The van der Waals surface area contributed by atoms with Gasteiger partial charge in [0.05, 0.1) is 17.5 Å². The highest BCUT2D eigenvalue weighted by atomic mass is 79.9. The molecule has 0 saturated carbocycles. The molecule has 0 aliphatic carbocycles. The minimum atomic E-state index is -0.0689. The summed E-state index contributed by atoms with van der Waals surface area (Å²) in [6.07, 6.45) is 1.07. The second-order valence-corrected chi connectivity index (χ2v) is 3.93. The maximum absolute atomic E-state index is 10.9. The Labute approximate surface area is 102 Å².